The van der Waals surface area contributed by atoms with E-state index in [1.807, 2.05) is 81.0 Å². The molecule has 10 atom stereocenters. The maximum atomic E-state index is 13.2. The second-order valence-corrected chi connectivity index (χ2v) is 32.1. The number of rotatable bonds is 40. The average Bonchev–Trinajstić information content (AvgIpc) is 3.90. The molecule has 4 rings (SSSR count). The first-order chi connectivity index (χ1) is 40.8. The number of amides is 5. The summed E-state index contributed by atoms with van der Waals surface area (Å²) in [4.78, 5) is 103. The van der Waals surface area contributed by atoms with Gasteiger partial charge in [-0.1, -0.05) is 83.9 Å². The van der Waals surface area contributed by atoms with E-state index in [4.69, 9.17) is 27.6 Å². The van der Waals surface area contributed by atoms with E-state index in [1.54, 1.807) is 36.3 Å². The van der Waals surface area contributed by atoms with E-state index in [0.29, 0.717) is 82.4 Å². The monoisotopic (exact) mass is 1340 g/mol. The lowest BCUT2D eigenvalue weighted by atomic mass is 10.1. The third-order valence-corrected chi connectivity index (χ3v) is 20.5. The minimum atomic E-state index is -4.60. The first kappa shape index (κ1) is 79.3. The molecule has 87 heavy (non-hydrogen) atoms. The van der Waals surface area contributed by atoms with E-state index in [9.17, 15) is 52.8 Å². The molecule has 0 aromatic rings. The van der Waals surface area contributed by atoms with Crippen molar-refractivity contribution in [2.24, 2.45) is 11.8 Å². The third kappa shape index (κ3) is 32.5. The van der Waals surface area contributed by atoms with Gasteiger partial charge in [0, 0.05) is 85.6 Å². The van der Waals surface area contributed by atoms with Gasteiger partial charge in [-0.15, -0.1) is 0 Å². The van der Waals surface area contributed by atoms with Crippen LogP contribution >= 0.6 is 49.0 Å². The van der Waals surface area contributed by atoms with E-state index in [2.05, 4.69) is 36.7 Å². The van der Waals surface area contributed by atoms with Gasteiger partial charge in [0.15, 0.2) is 0 Å². The van der Waals surface area contributed by atoms with Gasteiger partial charge in [0.1, 0.15) is 5.78 Å². The van der Waals surface area contributed by atoms with Gasteiger partial charge in [-0.2, -0.15) is 11.8 Å². The molecule has 0 aromatic carbocycles. The van der Waals surface area contributed by atoms with Crippen LogP contribution in [-0.2, 0) is 65.5 Å². The van der Waals surface area contributed by atoms with Crippen LogP contribution in [0.3, 0.4) is 0 Å². The highest BCUT2D eigenvalue weighted by Gasteiger charge is 2.43. The number of nitrogens with one attached hydrogen (secondary N) is 3. The number of phosphoric ester groups is 2. The Morgan fingerprint density at radius 3 is 1.53 bits per heavy atom. The lowest BCUT2D eigenvalue weighted by molar-refractivity contribution is -0.134. The molecule has 5 amide bonds. The zero-order valence-electron chi connectivity index (χ0n) is 54.2. The van der Waals surface area contributed by atoms with Crippen molar-refractivity contribution in [1.82, 2.24) is 35.6 Å². The van der Waals surface area contributed by atoms with Crippen LogP contribution in [0.2, 0.25) is 0 Å². The Balaban J connectivity index is 0.00000175. The zero-order chi connectivity index (χ0) is 65.0. The van der Waals surface area contributed by atoms with Crippen LogP contribution < -0.4 is 16.0 Å². The Morgan fingerprint density at radius 1 is 0.552 bits per heavy atom. The molecule has 4 saturated heterocycles. The van der Waals surface area contributed by atoms with Gasteiger partial charge in [0.25, 0.3) is 0 Å². The summed E-state index contributed by atoms with van der Waals surface area (Å²) >= 11 is 1.83. The lowest BCUT2D eigenvalue weighted by Crippen LogP contribution is -2.44. The molecule has 4 aliphatic rings. The summed E-state index contributed by atoms with van der Waals surface area (Å²) in [5, 5.41) is 19.7. The van der Waals surface area contributed by atoms with Crippen molar-refractivity contribution < 1.29 is 84.6 Å². The van der Waals surface area contributed by atoms with Crippen molar-refractivity contribution in [3.8, 4) is 0 Å². The molecule has 0 spiro atoms. The van der Waals surface area contributed by atoms with Crippen molar-refractivity contribution in [3.05, 3.63) is 0 Å². The van der Waals surface area contributed by atoms with Crippen LogP contribution in [0.15, 0.2) is 0 Å². The largest absolute Gasteiger partial charge is 0.472 e. The van der Waals surface area contributed by atoms with E-state index in [1.165, 1.54) is 4.90 Å². The molecule has 512 valence electrons. The summed E-state index contributed by atoms with van der Waals surface area (Å²) in [6.45, 7) is 27.5. The third-order valence-electron chi connectivity index (χ3n) is 14.7. The first-order valence-electron chi connectivity index (χ1n) is 31.4. The number of ketones is 1. The number of carbonyl (C=O) groups excluding carboxylic acids is 6. The molecule has 4 heterocycles. The van der Waals surface area contributed by atoms with Crippen LogP contribution in [0.1, 0.15) is 165 Å². The highest BCUT2D eigenvalue weighted by atomic mass is 33.1. The number of ether oxygens (including phenoxy) is 2. The van der Waals surface area contributed by atoms with Crippen molar-refractivity contribution in [1.29, 1.82) is 0 Å². The number of aliphatic hydroxyl groups is 1. The summed E-state index contributed by atoms with van der Waals surface area (Å²) in [7, 11) is -5.73. The van der Waals surface area contributed by atoms with Crippen LogP contribution in [0.4, 0.5) is 0 Å². The van der Waals surface area contributed by atoms with Crippen molar-refractivity contribution in [2.45, 2.75) is 233 Å². The molecule has 24 nitrogen and oxygen atoms in total. The predicted molar refractivity (Wildman–Crippen MR) is 349 cm³/mol. The Labute approximate surface area is 536 Å². The van der Waals surface area contributed by atoms with Crippen LogP contribution in [0, 0.1) is 11.8 Å². The van der Waals surface area contributed by atoms with E-state index in [-0.39, 0.29) is 147 Å². The fraction of sp³-hybridized carbons (Fsp3) is 0.897. The van der Waals surface area contributed by atoms with E-state index >= 15 is 0 Å². The maximum absolute atomic E-state index is 13.2. The Bertz CT molecular complexity index is 2210. The highest BCUT2D eigenvalue weighted by Crippen LogP contribution is 2.48. The number of β-amino-alcohol motifs (C(OH)–C–C–N with tert-alkyl or cyclic N) is 1. The summed E-state index contributed by atoms with van der Waals surface area (Å²) in [6, 6.07) is -1.01. The number of hydrogen-bond acceptors (Lipinski definition) is 20. The Hall–Kier alpha value is -1.91. The fourth-order valence-electron chi connectivity index (χ4n) is 10.3. The van der Waals surface area contributed by atoms with E-state index < -0.39 is 45.9 Å². The zero-order valence-corrected chi connectivity index (χ0v) is 58.5. The molecule has 0 aliphatic carbocycles. The van der Waals surface area contributed by atoms with Crippen molar-refractivity contribution in [2.75, 3.05) is 89.5 Å². The number of phosphoric acid groups is 2. The number of aliphatic hydroxyl groups excluding tert-OH is 1. The summed E-state index contributed by atoms with van der Waals surface area (Å²) in [6.07, 6.45) is 2.85. The van der Waals surface area contributed by atoms with Crippen LogP contribution in [0.25, 0.3) is 0 Å². The van der Waals surface area contributed by atoms with Gasteiger partial charge in [-0.25, -0.2) is 9.13 Å². The second kappa shape index (κ2) is 40.9. The number of Topliss-reactive ketones (excluding diaryl/α,β-unsaturated/α-hetero) is 1. The SMILES string of the molecule is CC(C)NCC(=O)N1C[C@H](C)C[C@H]1COP(=O)(O)O[C@@H]1C[C@@H](COC(C)C)N(C(=O)CCCSC(C)C)C1.CC(C)NCCCC(=O)NCC(=O)N1C[C@H](O)C[C@H]1COP(=O)(O)O[C@@H]1C[C@@H](COC(C)C)N(C(=O)CCCSSCCC(=O)C(C)C)C1.[HH].[HH].[HH]. The highest BCUT2D eigenvalue weighted by molar-refractivity contribution is 8.76. The smallest absolute Gasteiger partial charge is 0.391 e. The Kier molecular flexibility index (Phi) is 37.3. The second-order valence-electron chi connectivity index (χ2n) is 24.9. The number of likely N-dealkylation sites (tertiary alicyclic amines) is 4. The van der Waals surface area contributed by atoms with E-state index in [0.717, 1.165) is 23.7 Å². The van der Waals surface area contributed by atoms with Crippen LogP contribution in [0.5, 0.6) is 0 Å². The molecule has 0 saturated carbocycles. The predicted octanol–water partition coefficient (Wildman–Crippen LogP) is 7.56. The molecule has 29 heteroatoms. The van der Waals surface area contributed by atoms with Crippen molar-refractivity contribution >= 4 is 84.3 Å². The maximum Gasteiger partial charge on any atom is 0.472 e. The standard InChI is InChI=1S/C32H59N4O10PS2.C26H50N3O7PS.3H2/c1-22(2)29(38)11-14-49-48-13-8-10-31(40)36-19-28(16-26(36)20-44-24(5)6)46-47(42,43)45-21-25-15-27(37)18-35(25)32(41)17-34-30(39)9-7-12-33-23(3)4;1-18(2)27-13-26(31)28-14-21(7)11-22(28)17-35-37(32,33)36-24-12-23(16-34-19(3)4)29(15-24)25(30)9-8-10-38-20(5)6;;;/h22-28,33,37H,7-21H2,1-6H3,(H,34,39)(H,42,43);18-24,27H,8-17H2,1-7H3,(H,32,33);3*1H/t25-,26-,27+,28+;21-,22+,23+,24-;;;/m01.../s1. The quantitative estimate of drug-likeness (QED) is 0.0196. The van der Waals surface area contributed by atoms with Gasteiger partial charge in [0.2, 0.25) is 29.5 Å². The van der Waals surface area contributed by atoms with Crippen LogP contribution in [-0.4, -0.2) is 231 Å². The molecule has 0 aromatic heterocycles. The number of carbonyl (C=O) groups is 6. The molecule has 4 fully saturated rings. The van der Waals surface area contributed by atoms with Gasteiger partial charge in [-0.05, 0) is 96.1 Å². The van der Waals surface area contributed by atoms with Gasteiger partial charge in [-0.3, -0.25) is 46.9 Å². The van der Waals surface area contributed by atoms with Gasteiger partial charge < -0.3 is 59.9 Å². The number of nitrogens with zero attached hydrogens (tertiary/aromatic N) is 4. The molecular weight excluding hydrogens is 1220 g/mol. The number of thioether (sulfide) groups is 1. The van der Waals surface area contributed by atoms with Gasteiger partial charge >= 0.3 is 15.6 Å². The molecule has 0 radical (unpaired) electrons. The number of hydrogen-bond donors (Lipinski definition) is 6. The lowest BCUT2D eigenvalue weighted by Gasteiger charge is -2.26. The average molecular weight is 1340 g/mol. The first-order valence-corrected chi connectivity index (χ1v) is 37.9. The summed E-state index contributed by atoms with van der Waals surface area (Å²) in [5.74, 6) is 2.16. The fourth-order valence-corrected chi connectivity index (χ4v) is 15.0. The molecule has 6 N–H and O–H groups in total. The van der Waals surface area contributed by atoms with Gasteiger partial charge in [0.05, 0.1) is 94.2 Å². The summed E-state index contributed by atoms with van der Waals surface area (Å²) < 4.78 is 59.2. The van der Waals surface area contributed by atoms with Crippen molar-refractivity contribution in [3.63, 3.8) is 0 Å². The molecule has 2 unspecified atom stereocenters. The normalized spacial score (nSPS) is 23.8. The minimum Gasteiger partial charge on any atom is -0.391 e. The minimum absolute atomic E-state index is 0. The topological polar surface area (TPSA) is 302 Å². The molecular formula is C58H115N7O17P2S3. The molecule has 0 bridgehead atoms. The summed E-state index contributed by atoms with van der Waals surface area (Å²) in [5.41, 5.74) is 0. The Morgan fingerprint density at radius 2 is 1.02 bits per heavy atom. The molecule has 4 aliphatic heterocycles.